The van der Waals surface area contributed by atoms with Gasteiger partial charge in [0.05, 0.1) is 6.54 Å². The van der Waals surface area contributed by atoms with Crippen LogP contribution < -0.4 is 5.32 Å². The van der Waals surface area contributed by atoms with Crippen LogP contribution in [0.5, 0.6) is 0 Å². The summed E-state index contributed by atoms with van der Waals surface area (Å²) in [5, 5.41) is 2.84. The van der Waals surface area contributed by atoms with Gasteiger partial charge in [-0.3, -0.25) is 9.69 Å². The number of halogens is 1. The van der Waals surface area contributed by atoms with E-state index in [0.717, 1.165) is 30.4 Å². The average Bonchev–Trinajstić information content (AvgIpc) is 2.60. The molecule has 0 aliphatic carbocycles. The lowest BCUT2D eigenvalue weighted by molar-refractivity contribution is -0.117. The number of aromatic nitrogens is 1. The van der Waals surface area contributed by atoms with E-state index in [4.69, 9.17) is 4.74 Å². The second-order valence-corrected chi connectivity index (χ2v) is 9.80. The Morgan fingerprint density at radius 1 is 1.38 bits per heavy atom. The third-order valence-corrected chi connectivity index (χ3v) is 5.14. The van der Waals surface area contributed by atoms with Crippen molar-refractivity contribution in [1.82, 2.24) is 14.8 Å². The Morgan fingerprint density at radius 2 is 2.10 bits per heavy atom. The summed E-state index contributed by atoms with van der Waals surface area (Å²) in [5.74, 6) is 0.785. The highest BCUT2D eigenvalue weighted by Gasteiger charge is 2.29. The molecule has 2 rings (SSSR count). The maximum absolute atomic E-state index is 12.6. The number of ether oxygens (including phenoxy) is 1. The van der Waals surface area contributed by atoms with Gasteiger partial charge in [0.15, 0.2) is 0 Å². The van der Waals surface area contributed by atoms with Crippen molar-refractivity contribution in [2.45, 2.75) is 59.1 Å². The van der Waals surface area contributed by atoms with Gasteiger partial charge in [-0.25, -0.2) is 9.78 Å². The Bertz CT molecular complexity index is 688. The third kappa shape index (κ3) is 8.30. The molecule has 1 fully saturated rings. The van der Waals surface area contributed by atoms with Crippen LogP contribution in [0.25, 0.3) is 0 Å². The number of carbonyl (C=O) groups excluding carboxylic acids is 2. The first-order valence-electron chi connectivity index (χ1n) is 10.2. The molecule has 0 radical (unpaired) electrons. The van der Waals surface area contributed by atoms with Gasteiger partial charge in [-0.1, -0.05) is 0 Å². The molecule has 1 aromatic heterocycles. The summed E-state index contributed by atoms with van der Waals surface area (Å²) in [6.07, 6.45) is 3.43. The van der Waals surface area contributed by atoms with E-state index >= 15 is 0 Å². The van der Waals surface area contributed by atoms with Crippen LogP contribution >= 0.6 is 15.9 Å². The van der Waals surface area contributed by atoms with Gasteiger partial charge in [0.25, 0.3) is 0 Å². The monoisotopic (exact) mass is 468 g/mol. The van der Waals surface area contributed by atoms with Crippen LogP contribution in [0.4, 0.5) is 10.6 Å². The number of pyridine rings is 1. The van der Waals surface area contributed by atoms with Gasteiger partial charge in [-0.2, -0.15) is 0 Å². The summed E-state index contributed by atoms with van der Waals surface area (Å²) in [5.41, 5.74) is -0.512. The third-order valence-electron chi connectivity index (χ3n) is 4.67. The number of hydrogen-bond acceptors (Lipinski definition) is 5. The van der Waals surface area contributed by atoms with Crippen molar-refractivity contribution in [3.8, 4) is 0 Å². The molecule has 2 amide bonds. The number of likely N-dealkylation sites (tertiary alicyclic amines) is 1. The fraction of sp³-hybridized carbons (Fsp3) is 0.667. The lowest BCUT2D eigenvalue weighted by atomic mass is 9.97. The first kappa shape index (κ1) is 23.6. The molecule has 1 aliphatic heterocycles. The quantitative estimate of drug-likeness (QED) is 0.678. The fourth-order valence-corrected chi connectivity index (χ4v) is 3.61. The van der Waals surface area contributed by atoms with Crippen LogP contribution in [0.2, 0.25) is 0 Å². The zero-order chi connectivity index (χ0) is 21.6. The summed E-state index contributed by atoms with van der Waals surface area (Å²) in [6, 6.07) is 3.67. The van der Waals surface area contributed by atoms with Crippen molar-refractivity contribution in [3.63, 3.8) is 0 Å². The fourth-order valence-electron chi connectivity index (χ4n) is 3.37. The largest absolute Gasteiger partial charge is 0.444 e. The number of rotatable bonds is 6. The van der Waals surface area contributed by atoms with E-state index in [1.807, 2.05) is 40.7 Å². The maximum Gasteiger partial charge on any atom is 0.410 e. The molecule has 1 atom stereocenters. The standard InChI is InChI=1S/C21H33BrN4O3/c1-15(2)26(20(28)29-21(3,4)5)13-16-7-6-10-25(12-16)14-19(27)24-18-9-8-17(22)11-23-18/h8-9,11,15-16H,6-7,10,12-14H2,1-5H3,(H,23,24,27). The maximum atomic E-state index is 12.6. The van der Waals surface area contributed by atoms with Crippen LogP contribution in [-0.4, -0.2) is 64.6 Å². The molecular formula is C21H33BrN4O3. The minimum Gasteiger partial charge on any atom is -0.444 e. The van der Waals surface area contributed by atoms with Gasteiger partial charge in [-0.15, -0.1) is 0 Å². The number of piperidine rings is 1. The summed E-state index contributed by atoms with van der Waals surface area (Å²) < 4.78 is 6.44. The van der Waals surface area contributed by atoms with Crippen molar-refractivity contribution < 1.29 is 14.3 Å². The summed E-state index contributed by atoms with van der Waals surface area (Å²) in [6.45, 7) is 12.3. The molecule has 1 saturated heterocycles. The summed E-state index contributed by atoms with van der Waals surface area (Å²) >= 11 is 3.33. The normalized spacial score (nSPS) is 17.8. The van der Waals surface area contributed by atoms with E-state index in [1.165, 1.54) is 0 Å². The highest BCUT2D eigenvalue weighted by atomic mass is 79.9. The SMILES string of the molecule is CC(C)N(CC1CCCN(CC(=O)Nc2ccc(Br)cn2)C1)C(=O)OC(C)(C)C. The highest BCUT2D eigenvalue weighted by Crippen LogP contribution is 2.21. The first-order valence-corrected chi connectivity index (χ1v) is 11.0. The zero-order valence-electron chi connectivity index (χ0n) is 18.1. The number of nitrogens with one attached hydrogen (secondary N) is 1. The van der Waals surface area contributed by atoms with Crippen LogP contribution in [0, 0.1) is 5.92 Å². The van der Waals surface area contributed by atoms with Crippen LogP contribution in [0.3, 0.4) is 0 Å². The molecule has 1 unspecified atom stereocenters. The smallest absolute Gasteiger partial charge is 0.410 e. The molecule has 0 aromatic carbocycles. The van der Waals surface area contributed by atoms with E-state index < -0.39 is 5.60 Å². The lowest BCUT2D eigenvalue weighted by Gasteiger charge is -2.37. The predicted molar refractivity (Wildman–Crippen MR) is 118 cm³/mol. The van der Waals surface area contributed by atoms with E-state index in [1.54, 1.807) is 17.2 Å². The molecule has 7 nitrogen and oxygen atoms in total. The number of carbonyl (C=O) groups is 2. The molecule has 1 aromatic rings. The Morgan fingerprint density at radius 3 is 2.69 bits per heavy atom. The summed E-state index contributed by atoms with van der Waals surface area (Å²) in [7, 11) is 0. The number of hydrogen-bond donors (Lipinski definition) is 1. The van der Waals surface area contributed by atoms with Gasteiger partial charge in [0.2, 0.25) is 5.91 Å². The average molecular weight is 469 g/mol. The van der Waals surface area contributed by atoms with E-state index in [2.05, 4.69) is 31.1 Å². The van der Waals surface area contributed by atoms with Gasteiger partial charge in [0.1, 0.15) is 11.4 Å². The molecule has 8 heteroatoms. The van der Waals surface area contributed by atoms with Crippen molar-refractivity contribution in [2.24, 2.45) is 5.92 Å². The van der Waals surface area contributed by atoms with Gasteiger partial charge >= 0.3 is 6.09 Å². The number of nitrogens with zero attached hydrogens (tertiary/aromatic N) is 3. The molecule has 1 aliphatic rings. The molecule has 2 heterocycles. The molecule has 29 heavy (non-hydrogen) atoms. The van der Waals surface area contributed by atoms with Gasteiger partial charge < -0.3 is 15.0 Å². The minimum absolute atomic E-state index is 0.0620. The Kier molecular flexibility index (Phi) is 8.46. The molecule has 0 saturated carbocycles. The summed E-state index contributed by atoms with van der Waals surface area (Å²) in [4.78, 5) is 33.1. The Hall–Kier alpha value is -1.67. The first-order chi connectivity index (χ1) is 13.5. The molecule has 0 bridgehead atoms. The van der Waals surface area contributed by atoms with Crippen molar-refractivity contribution >= 4 is 33.7 Å². The number of amides is 2. The molecule has 1 N–H and O–H groups in total. The predicted octanol–water partition coefficient (Wildman–Crippen LogP) is 4.14. The second kappa shape index (κ2) is 10.4. The number of anilines is 1. The van der Waals surface area contributed by atoms with Crippen molar-refractivity contribution in [2.75, 3.05) is 31.5 Å². The Labute approximate surface area is 182 Å². The van der Waals surface area contributed by atoms with Crippen LogP contribution in [0.15, 0.2) is 22.8 Å². The topological polar surface area (TPSA) is 74.8 Å². The van der Waals surface area contributed by atoms with E-state index in [9.17, 15) is 9.59 Å². The van der Waals surface area contributed by atoms with Gasteiger partial charge in [0, 0.05) is 29.8 Å². The second-order valence-electron chi connectivity index (χ2n) is 8.88. The van der Waals surface area contributed by atoms with Crippen molar-refractivity contribution in [1.29, 1.82) is 0 Å². The van der Waals surface area contributed by atoms with Crippen molar-refractivity contribution in [3.05, 3.63) is 22.8 Å². The van der Waals surface area contributed by atoms with Crippen LogP contribution in [-0.2, 0) is 9.53 Å². The van der Waals surface area contributed by atoms with Crippen LogP contribution in [0.1, 0.15) is 47.5 Å². The van der Waals surface area contributed by atoms with E-state index in [-0.39, 0.29) is 18.0 Å². The zero-order valence-corrected chi connectivity index (χ0v) is 19.7. The highest BCUT2D eigenvalue weighted by molar-refractivity contribution is 9.10. The lowest BCUT2D eigenvalue weighted by Crippen LogP contribution is -2.48. The molecular weight excluding hydrogens is 436 g/mol. The molecule has 162 valence electrons. The van der Waals surface area contributed by atoms with E-state index in [0.29, 0.717) is 24.8 Å². The minimum atomic E-state index is -0.512. The molecule has 0 spiro atoms. The Balaban J connectivity index is 1.89. The van der Waals surface area contributed by atoms with Gasteiger partial charge in [-0.05, 0) is 88.0 Å².